The molecule has 2 aromatic heterocycles. The van der Waals surface area contributed by atoms with Crippen LogP contribution in [0.5, 0.6) is 5.75 Å². The number of hydrogen-bond acceptors (Lipinski definition) is 4. The van der Waals surface area contributed by atoms with Crippen LogP contribution >= 0.6 is 23.2 Å². The van der Waals surface area contributed by atoms with E-state index in [4.69, 9.17) is 32.9 Å². The number of nitrogens with zero attached hydrogens (tertiary/aromatic N) is 2. The highest BCUT2D eigenvalue weighted by Crippen LogP contribution is 2.28. The van der Waals surface area contributed by atoms with E-state index < -0.39 is 0 Å². The lowest BCUT2D eigenvalue weighted by Crippen LogP contribution is -2.37. The Bertz CT molecular complexity index is 1380. The number of benzene rings is 2. The van der Waals surface area contributed by atoms with Crippen molar-refractivity contribution in [3.63, 3.8) is 0 Å². The predicted molar refractivity (Wildman–Crippen MR) is 144 cm³/mol. The van der Waals surface area contributed by atoms with Crippen molar-refractivity contribution < 1.29 is 14.6 Å². The molecule has 4 aromatic rings. The molecule has 6 nitrogen and oxygen atoms in total. The first-order valence-corrected chi connectivity index (χ1v) is 12.6. The maximum absolute atomic E-state index is 12.9. The van der Waals surface area contributed by atoms with Gasteiger partial charge in [0.15, 0.2) is 0 Å². The third kappa shape index (κ3) is 6.01. The molecule has 0 bridgehead atoms. The zero-order valence-corrected chi connectivity index (χ0v) is 22.0. The van der Waals surface area contributed by atoms with Crippen LogP contribution in [0.2, 0.25) is 10.0 Å². The minimum atomic E-state index is -0.311. The molecule has 2 aromatic carbocycles. The number of nitrogens with one attached hydrogen (secondary N) is 1. The molecule has 1 atom stereocenters. The molecule has 0 aliphatic heterocycles. The lowest BCUT2D eigenvalue weighted by Gasteiger charge is -2.19. The fourth-order valence-electron chi connectivity index (χ4n) is 4.07. The highest BCUT2D eigenvalue weighted by molar-refractivity contribution is 6.32. The van der Waals surface area contributed by atoms with Crippen LogP contribution in [0.25, 0.3) is 16.9 Å². The SMILES string of the molecule is Cc1cccn2cc(-c3ccc(C[C@@H](CCO)NC(=O)c4ccc(OC(C)C)c(Cl)c4)c(Cl)c3)nc12. The number of rotatable bonds is 9. The summed E-state index contributed by atoms with van der Waals surface area (Å²) in [5.41, 5.74) is 5.04. The van der Waals surface area contributed by atoms with Crippen LogP contribution in [0.1, 0.15) is 41.8 Å². The van der Waals surface area contributed by atoms with Crippen molar-refractivity contribution in [2.24, 2.45) is 0 Å². The van der Waals surface area contributed by atoms with Crippen LogP contribution < -0.4 is 10.1 Å². The standard InChI is InChI=1S/C28H29Cl2N3O3/c1-17(2)36-26-9-8-21(15-24(26)30)28(35)31-22(10-12-34)13-19-6-7-20(14-23(19)29)25-16-33-11-4-5-18(3)27(33)32-25/h4-9,11,14-17,22,34H,10,12-13H2,1-3H3,(H,31,35)/t22-/m1/s1. The second-order valence-corrected chi connectivity index (χ2v) is 9.87. The number of ether oxygens (including phenoxy) is 1. The Morgan fingerprint density at radius 3 is 2.61 bits per heavy atom. The molecule has 0 radical (unpaired) electrons. The molecule has 0 saturated carbocycles. The first-order chi connectivity index (χ1) is 17.2. The second kappa shape index (κ2) is 11.3. The lowest BCUT2D eigenvalue weighted by molar-refractivity contribution is 0.0930. The number of halogens is 2. The van der Waals surface area contributed by atoms with Gasteiger partial charge in [-0.15, -0.1) is 0 Å². The van der Waals surface area contributed by atoms with Crippen molar-refractivity contribution in [2.75, 3.05) is 6.61 Å². The van der Waals surface area contributed by atoms with Crippen molar-refractivity contribution in [3.05, 3.63) is 87.7 Å². The topological polar surface area (TPSA) is 75.9 Å². The van der Waals surface area contributed by atoms with Gasteiger partial charge in [-0.2, -0.15) is 0 Å². The third-order valence-electron chi connectivity index (χ3n) is 5.86. The Hall–Kier alpha value is -3.06. The largest absolute Gasteiger partial charge is 0.489 e. The molecule has 4 rings (SSSR count). The molecule has 0 saturated heterocycles. The summed E-state index contributed by atoms with van der Waals surface area (Å²) in [6, 6.07) is 14.5. The average molecular weight is 526 g/mol. The summed E-state index contributed by atoms with van der Waals surface area (Å²) in [4.78, 5) is 17.6. The number of aromatic nitrogens is 2. The Labute approximate surface area is 220 Å². The first kappa shape index (κ1) is 26.0. The molecule has 1 amide bonds. The zero-order chi connectivity index (χ0) is 25.8. The van der Waals surface area contributed by atoms with Gasteiger partial charge >= 0.3 is 0 Å². The van der Waals surface area contributed by atoms with Crippen LogP contribution in [-0.4, -0.2) is 39.2 Å². The number of pyridine rings is 1. The number of imidazole rings is 1. The summed E-state index contributed by atoms with van der Waals surface area (Å²) in [6.07, 6.45) is 4.78. The Balaban J connectivity index is 1.49. The van der Waals surface area contributed by atoms with E-state index in [1.807, 2.05) is 67.9 Å². The minimum Gasteiger partial charge on any atom is -0.489 e. The summed E-state index contributed by atoms with van der Waals surface area (Å²) < 4.78 is 7.63. The number of aryl methyl sites for hydroxylation is 1. The maximum atomic E-state index is 12.9. The summed E-state index contributed by atoms with van der Waals surface area (Å²) in [5, 5.41) is 13.5. The number of carbonyl (C=O) groups is 1. The van der Waals surface area contributed by atoms with Crippen LogP contribution in [0, 0.1) is 6.92 Å². The minimum absolute atomic E-state index is 0.0240. The van der Waals surface area contributed by atoms with Crippen LogP contribution in [0.3, 0.4) is 0 Å². The predicted octanol–water partition coefficient (Wildman–Crippen LogP) is 6.13. The number of carbonyl (C=O) groups excluding carboxylic acids is 1. The van der Waals surface area contributed by atoms with Crippen molar-refractivity contribution >= 4 is 34.8 Å². The van der Waals surface area contributed by atoms with Gasteiger partial charge < -0.3 is 19.6 Å². The first-order valence-electron chi connectivity index (χ1n) is 11.9. The van der Waals surface area contributed by atoms with Gasteiger partial charge in [0.1, 0.15) is 11.4 Å². The van der Waals surface area contributed by atoms with E-state index >= 15 is 0 Å². The molecule has 8 heteroatoms. The molecule has 0 spiro atoms. The fourth-order valence-corrected chi connectivity index (χ4v) is 4.55. The van der Waals surface area contributed by atoms with Gasteiger partial charge in [-0.25, -0.2) is 4.98 Å². The third-order valence-corrected chi connectivity index (χ3v) is 6.51. The molecule has 2 N–H and O–H groups in total. The normalized spacial score (nSPS) is 12.2. The lowest BCUT2D eigenvalue weighted by atomic mass is 10.0. The van der Waals surface area contributed by atoms with Crippen molar-refractivity contribution in [3.8, 4) is 17.0 Å². The van der Waals surface area contributed by atoms with E-state index in [0.29, 0.717) is 34.2 Å². The Morgan fingerprint density at radius 2 is 1.94 bits per heavy atom. The molecular formula is C28H29Cl2N3O3. The summed E-state index contributed by atoms with van der Waals surface area (Å²) >= 11 is 12.9. The molecule has 188 valence electrons. The van der Waals surface area contributed by atoms with E-state index in [1.165, 1.54) is 0 Å². The van der Waals surface area contributed by atoms with E-state index in [1.54, 1.807) is 18.2 Å². The number of aliphatic hydroxyl groups excluding tert-OH is 1. The number of hydrogen-bond donors (Lipinski definition) is 2. The maximum Gasteiger partial charge on any atom is 0.251 e. The summed E-state index contributed by atoms with van der Waals surface area (Å²) in [6.45, 7) is 5.78. The second-order valence-electron chi connectivity index (χ2n) is 9.05. The van der Waals surface area contributed by atoms with Gasteiger partial charge in [-0.05, 0) is 75.1 Å². The van der Waals surface area contributed by atoms with Gasteiger partial charge in [-0.3, -0.25) is 4.79 Å². The van der Waals surface area contributed by atoms with Gasteiger partial charge in [0.05, 0.1) is 16.8 Å². The smallest absolute Gasteiger partial charge is 0.251 e. The van der Waals surface area contributed by atoms with Gasteiger partial charge in [0.2, 0.25) is 0 Å². The van der Waals surface area contributed by atoms with Crippen molar-refractivity contribution in [1.29, 1.82) is 0 Å². The van der Waals surface area contributed by atoms with Crippen molar-refractivity contribution in [2.45, 2.75) is 45.8 Å². The highest BCUT2D eigenvalue weighted by Gasteiger charge is 2.18. The number of amides is 1. The Kier molecular flexibility index (Phi) is 8.19. The molecule has 0 unspecified atom stereocenters. The van der Waals surface area contributed by atoms with Crippen LogP contribution in [0.15, 0.2) is 60.9 Å². The van der Waals surface area contributed by atoms with E-state index in [0.717, 1.165) is 28.0 Å². The van der Waals surface area contributed by atoms with Crippen molar-refractivity contribution in [1.82, 2.24) is 14.7 Å². The van der Waals surface area contributed by atoms with Gasteiger partial charge in [0.25, 0.3) is 5.91 Å². The van der Waals surface area contributed by atoms with Gasteiger partial charge in [-0.1, -0.05) is 41.4 Å². The molecule has 0 aliphatic rings. The molecule has 2 heterocycles. The molecule has 0 aliphatic carbocycles. The zero-order valence-electron chi connectivity index (χ0n) is 20.5. The van der Waals surface area contributed by atoms with E-state index in [-0.39, 0.29) is 24.7 Å². The van der Waals surface area contributed by atoms with E-state index in [2.05, 4.69) is 5.32 Å². The van der Waals surface area contributed by atoms with Crippen LogP contribution in [0.4, 0.5) is 0 Å². The van der Waals surface area contributed by atoms with Crippen LogP contribution in [-0.2, 0) is 6.42 Å². The molecule has 36 heavy (non-hydrogen) atoms. The monoisotopic (exact) mass is 525 g/mol. The fraction of sp³-hybridized carbons (Fsp3) is 0.286. The molecule has 0 fully saturated rings. The average Bonchev–Trinajstić information content (AvgIpc) is 3.27. The quantitative estimate of drug-likeness (QED) is 0.275. The number of aliphatic hydroxyl groups is 1. The Morgan fingerprint density at radius 1 is 1.14 bits per heavy atom. The summed E-state index contributed by atoms with van der Waals surface area (Å²) in [7, 11) is 0. The van der Waals surface area contributed by atoms with E-state index in [9.17, 15) is 9.90 Å². The highest BCUT2D eigenvalue weighted by atomic mass is 35.5. The molecular weight excluding hydrogens is 497 g/mol. The summed E-state index contributed by atoms with van der Waals surface area (Å²) in [5.74, 6) is 0.252. The number of fused-ring (bicyclic) bond motifs is 1. The van der Waals surface area contributed by atoms with Gasteiger partial charge in [0, 0.05) is 41.2 Å².